The Morgan fingerprint density at radius 1 is 0.897 bits per heavy atom. The van der Waals surface area contributed by atoms with Gasteiger partial charge in [0.2, 0.25) is 11.8 Å². The summed E-state index contributed by atoms with van der Waals surface area (Å²) in [5, 5.41) is 5.28. The molecule has 0 radical (unpaired) electrons. The van der Waals surface area contributed by atoms with E-state index in [0.29, 0.717) is 11.4 Å². The summed E-state index contributed by atoms with van der Waals surface area (Å²) in [5.74, 6) is -1.76. The number of aryl methyl sites for hydroxylation is 1. The highest BCUT2D eigenvalue weighted by Crippen LogP contribution is 2.11. The van der Waals surface area contributed by atoms with E-state index < -0.39 is 18.5 Å². The molecule has 2 aromatic rings. The number of anilines is 2. The largest absolute Gasteiger partial charge is 0.452 e. The molecule has 0 fully saturated rings. The second-order valence-corrected chi connectivity index (χ2v) is 6.50. The molecule has 8 heteroatoms. The molecule has 29 heavy (non-hydrogen) atoms. The Labute approximate surface area is 168 Å². The highest BCUT2D eigenvalue weighted by atomic mass is 16.5. The van der Waals surface area contributed by atoms with Gasteiger partial charge in [-0.1, -0.05) is 17.7 Å². The summed E-state index contributed by atoms with van der Waals surface area (Å²) in [6.45, 7) is 2.67. The van der Waals surface area contributed by atoms with Crippen LogP contribution in [-0.2, 0) is 19.1 Å². The van der Waals surface area contributed by atoms with E-state index in [1.807, 2.05) is 19.1 Å². The van der Waals surface area contributed by atoms with Gasteiger partial charge in [0.25, 0.3) is 5.91 Å². The molecule has 8 nitrogen and oxygen atoms in total. The van der Waals surface area contributed by atoms with Gasteiger partial charge >= 0.3 is 5.97 Å². The Morgan fingerprint density at radius 3 is 2.03 bits per heavy atom. The number of ether oxygens (including phenoxy) is 1. The number of carbonyl (C=O) groups is 4. The molecule has 0 spiro atoms. The standard InChI is InChI=1S/C21H23N3O5/c1-14-4-8-18(9-5-14)23-19(26)12-24(3)20(27)13-29-21(28)16-6-10-17(11-7-16)22-15(2)25/h4-11H,12-13H2,1-3H3,(H,22,25)(H,23,26). The van der Waals surface area contributed by atoms with E-state index in [9.17, 15) is 19.2 Å². The Hall–Kier alpha value is -3.68. The van der Waals surface area contributed by atoms with Crippen molar-refractivity contribution in [3.63, 3.8) is 0 Å². The average Bonchev–Trinajstić information content (AvgIpc) is 2.67. The van der Waals surface area contributed by atoms with Crippen LogP contribution in [0, 0.1) is 6.92 Å². The zero-order valence-corrected chi connectivity index (χ0v) is 16.5. The number of nitrogens with one attached hydrogen (secondary N) is 2. The summed E-state index contributed by atoms with van der Waals surface area (Å²) in [7, 11) is 1.45. The molecule has 0 atom stereocenters. The van der Waals surface area contributed by atoms with Crippen molar-refractivity contribution in [2.24, 2.45) is 0 Å². The van der Waals surface area contributed by atoms with Crippen molar-refractivity contribution in [2.75, 3.05) is 30.8 Å². The van der Waals surface area contributed by atoms with Crippen LogP contribution in [0.3, 0.4) is 0 Å². The van der Waals surface area contributed by atoms with Crippen LogP contribution < -0.4 is 10.6 Å². The number of rotatable bonds is 7. The number of amides is 3. The maximum atomic E-state index is 12.1. The van der Waals surface area contributed by atoms with Gasteiger partial charge in [-0.2, -0.15) is 0 Å². The normalized spacial score (nSPS) is 10.0. The first-order valence-corrected chi connectivity index (χ1v) is 8.90. The van der Waals surface area contributed by atoms with Crippen LogP contribution in [-0.4, -0.2) is 48.8 Å². The van der Waals surface area contributed by atoms with E-state index in [1.165, 1.54) is 31.0 Å². The molecule has 0 unspecified atom stereocenters. The second kappa shape index (κ2) is 10.0. The summed E-state index contributed by atoms with van der Waals surface area (Å²) in [6.07, 6.45) is 0. The Kier molecular flexibility index (Phi) is 7.47. The van der Waals surface area contributed by atoms with Crippen molar-refractivity contribution < 1.29 is 23.9 Å². The highest BCUT2D eigenvalue weighted by Gasteiger charge is 2.16. The van der Waals surface area contributed by atoms with Crippen LogP contribution in [0.4, 0.5) is 11.4 Å². The van der Waals surface area contributed by atoms with Gasteiger partial charge in [0.15, 0.2) is 6.61 Å². The molecule has 0 aliphatic carbocycles. The van der Waals surface area contributed by atoms with Gasteiger partial charge in [-0.15, -0.1) is 0 Å². The van der Waals surface area contributed by atoms with Crippen molar-refractivity contribution in [1.82, 2.24) is 4.90 Å². The van der Waals surface area contributed by atoms with E-state index in [0.717, 1.165) is 5.56 Å². The fraction of sp³-hybridized carbons (Fsp3) is 0.238. The van der Waals surface area contributed by atoms with Gasteiger partial charge in [-0.25, -0.2) is 4.79 Å². The molecule has 0 aromatic heterocycles. The lowest BCUT2D eigenvalue weighted by Crippen LogP contribution is -2.37. The van der Waals surface area contributed by atoms with Crippen LogP contribution in [0.15, 0.2) is 48.5 Å². The molecule has 2 N–H and O–H groups in total. The van der Waals surface area contributed by atoms with E-state index in [4.69, 9.17) is 4.74 Å². The van der Waals surface area contributed by atoms with Crippen molar-refractivity contribution in [3.8, 4) is 0 Å². The number of hydrogen-bond donors (Lipinski definition) is 2. The van der Waals surface area contributed by atoms with Gasteiger partial charge in [0.05, 0.1) is 12.1 Å². The first kappa shape index (κ1) is 21.6. The van der Waals surface area contributed by atoms with Crippen molar-refractivity contribution >= 4 is 35.1 Å². The minimum absolute atomic E-state index is 0.171. The van der Waals surface area contributed by atoms with Crippen molar-refractivity contribution in [3.05, 3.63) is 59.7 Å². The summed E-state index contributed by atoms with van der Waals surface area (Å²) in [6, 6.07) is 13.4. The monoisotopic (exact) mass is 397 g/mol. The Morgan fingerprint density at radius 2 is 1.45 bits per heavy atom. The van der Waals surface area contributed by atoms with Crippen molar-refractivity contribution in [2.45, 2.75) is 13.8 Å². The Bertz CT molecular complexity index is 892. The molecular weight excluding hydrogens is 374 g/mol. The lowest BCUT2D eigenvalue weighted by molar-refractivity contribution is -0.136. The van der Waals surface area contributed by atoms with E-state index >= 15 is 0 Å². The zero-order chi connectivity index (χ0) is 21.4. The molecule has 0 aliphatic heterocycles. The topological polar surface area (TPSA) is 105 Å². The quantitative estimate of drug-likeness (QED) is 0.697. The van der Waals surface area contributed by atoms with Crippen LogP contribution >= 0.6 is 0 Å². The predicted molar refractivity (Wildman–Crippen MR) is 108 cm³/mol. The first-order chi connectivity index (χ1) is 13.7. The smallest absolute Gasteiger partial charge is 0.338 e. The number of benzene rings is 2. The van der Waals surface area contributed by atoms with Crippen LogP contribution in [0.25, 0.3) is 0 Å². The molecule has 0 bridgehead atoms. The molecule has 2 aromatic carbocycles. The van der Waals surface area contributed by atoms with Gasteiger partial charge in [-0.3, -0.25) is 14.4 Å². The fourth-order valence-electron chi connectivity index (χ4n) is 2.35. The zero-order valence-electron chi connectivity index (χ0n) is 16.5. The Balaban J connectivity index is 1.79. The van der Waals surface area contributed by atoms with Crippen LogP contribution in [0.5, 0.6) is 0 Å². The molecule has 0 saturated heterocycles. The van der Waals surface area contributed by atoms with Gasteiger partial charge in [0, 0.05) is 25.3 Å². The van der Waals surface area contributed by atoms with Crippen LogP contribution in [0.2, 0.25) is 0 Å². The molecule has 0 saturated carbocycles. The summed E-state index contributed by atoms with van der Waals surface area (Å²) in [5.41, 5.74) is 2.49. The molecule has 0 aliphatic rings. The number of esters is 1. The molecule has 152 valence electrons. The molecule has 3 amide bonds. The number of likely N-dealkylation sites (N-methyl/N-ethyl adjacent to an activating group) is 1. The van der Waals surface area contributed by atoms with Gasteiger partial charge < -0.3 is 20.3 Å². The summed E-state index contributed by atoms with van der Waals surface area (Å²) in [4.78, 5) is 48.4. The van der Waals surface area contributed by atoms with Crippen LogP contribution in [0.1, 0.15) is 22.8 Å². The second-order valence-electron chi connectivity index (χ2n) is 6.50. The number of nitrogens with zero attached hydrogens (tertiary/aromatic N) is 1. The summed E-state index contributed by atoms with van der Waals surface area (Å²) >= 11 is 0. The lowest BCUT2D eigenvalue weighted by Gasteiger charge is -2.17. The molecular formula is C21H23N3O5. The highest BCUT2D eigenvalue weighted by molar-refractivity contribution is 5.96. The van der Waals surface area contributed by atoms with Crippen molar-refractivity contribution in [1.29, 1.82) is 0 Å². The first-order valence-electron chi connectivity index (χ1n) is 8.90. The maximum absolute atomic E-state index is 12.1. The van der Waals surface area contributed by atoms with E-state index in [-0.39, 0.29) is 23.9 Å². The minimum atomic E-state index is -0.676. The molecule has 2 rings (SSSR count). The van der Waals surface area contributed by atoms with E-state index in [2.05, 4.69) is 10.6 Å². The van der Waals surface area contributed by atoms with E-state index in [1.54, 1.807) is 24.3 Å². The third-order valence-corrected chi connectivity index (χ3v) is 3.91. The summed E-state index contributed by atoms with van der Waals surface area (Å²) < 4.78 is 5.00. The third-order valence-electron chi connectivity index (χ3n) is 3.91. The third kappa shape index (κ3) is 7.10. The van der Waals surface area contributed by atoms with Gasteiger partial charge in [-0.05, 0) is 43.3 Å². The number of carbonyl (C=O) groups excluding carboxylic acids is 4. The fourth-order valence-corrected chi connectivity index (χ4v) is 2.35. The average molecular weight is 397 g/mol. The maximum Gasteiger partial charge on any atom is 0.338 e. The van der Waals surface area contributed by atoms with Gasteiger partial charge in [0.1, 0.15) is 0 Å². The number of hydrogen-bond acceptors (Lipinski definition) is 5. The predicted octanol–water partition coefficient (Wildman–Crippen LogP) is 2.21. The SMILES string of the molecule is CC(=O)Nc1ccc(C(=O)OCC(=O)N(C)CC(=O)Nc2ccc(C)cc2)cc1. The lowest BCUT2D eigenvalue weighted by atomic mass is 10.2. The minimum Gasteiger partial charge on any atom is -0.452 e. The molecule has 0 heterocycles.